The highest BCUT2D eigenvalue weighted by Crippen LogP contribution is 2.44. The van der Waals surface area contributed by atoms with Gasteiger partial charge in [-0.15, -0.1) is 0 Å². The van der Waals surface area contributed by atoms with E-state index in [0.717, 1.165) is 33.4 Å². The van der Waals surface area contributed by atoms with Crippen molar-refractivity contribution in [2.75, 3.05) is 6.61 Å². The highest BCUT2D eigenvalue weighted by Gasteiger charge is 2.38. The fraction of sp³-hybridized carbons (Fsp3) is 0.206. The van der Waals surface area contributed by atoms with Crippen LogP contribution in [-0.4, -0.2) is 41.3 Å². The molecule has 0 saturated heterocycles. The number of carbonyl (C=O) groups is 3. The van der Waals surface area contributed by atoms with E-state index >= 15 is 0 Å². The summed E-state index contributed by atoms with van der Waals surface area (Å²) in [6.07, 6.45) is -0.508. The van der Waals surface area contributed by atoms with Crippen LogP contribution >= 0.6 is 0 Å². The van der Waals surface area contributed by atoms with Gasteiger partial charge in [-0.1, -0.05) is 109 Å². The highest BCUT2D eigenvalue weighted by atomic mass is 16.5. The maximum absolute atomic E-state index is 13.7. The van der Waals surface area contributed by atoms with Crippen molar-refractivity contribution in [2.24, 2.45) is 0 Å². The maximum Gasteiger partial charge on any atom is 0.408 e. The van der Waals surface area contributed by atoms with E-state index in [1.54, 1.807) is 19.1 Å². The van der Waals surface area contributed by atoms with Gasteiger partial charge in [0.15, 0.2) is 0 Å². The summed E-state index contributed by atoms with van der Waals surface area (Å²) in [5.41, 5.74) is 4.49. The van der Waals surface area contributed by atoms with Crippen molar-refractivity contribution in [3.8, 4) is 11.1 Å². The van der Waals surface area contributed by atoms with E-state index in [-0.39, 0.29) is 25.4 Å². The molecule has 7 heteroatoms. The van der Waals surface area contributed by atoms with Crippen LogP contribution in [0.2, 0.25) is 0 Å². The quantitative estimate of drug-likeness (QED) is 0.248. The fourth-order valence-electron chi connectivity index (χ4n) is 5.41. The number of carbonyl (C=O) groups excluding carboxylic acids is 2. The summed E-state index contributed by atoms with van der Waals surface area (Å²) >= 11 is 0. The molecule has 0 saturated carbocycles. The van der Waals surface area contributed by atoms with Crippen LogP contribution in [0.4, 0.5) is 4.79 Å². The first kappa shape index (κ1) is 27.6. The van der Waals surface area contributed by atoms with E-state index in [1.807, 2.05) is 84.9 Å². The Kier molecular flexibility index (Phi) is 8.15. The zero-order valence-electron chi connectivity index (χ0n) is 22.7. The minimum Gasteiger partial charge on any atom is -0.480 e. The molecule has 1 aliphatic rings. The summed E-state index contributed by atoms with van der Waals surface area (Å²) in [7, 11) is 0. The monoisotopic (exact) mass is 548 g/mol. The van der Waals surface area contributed by atoms with Crippen LogP contribution in [0.3, 0.4) is 0 Å². The average Bonchev–Trinajstić information content (AvgIpc) is 3.30. The van der Waals surface area contributed by atoms with Gasteiger partial charge in [-0.3, -0.25) is 4.79 Å². The van der Waals surface area contributed by atoms with Crippen molar-refractivity contribution in [3.63, 3.8) is 0 Å². The average molecular weight is 549 g/mol. The number of amides is 2. The Balaban J connectivity index is 1.33. The third-order valence-electron chi connectivity index (χ3n) is 7.51. The Hall–Kier alpha value is -4.91. The molecule has 0 spiro atoms. The van der Waals surface area contributed by atoms with E-state index in [1.165, 1.54) is 0 Å². The Morgan fingerprint density at radius 3 is 1.85 bits per heavy atom. The predicted octanol–water partition coefficient (Wildman–Crippen LogP) is 5.34. The van der Waals surface area contributed by atoms with Gasteiger partial charge in [0, 0.05) is 18.8 Å². The summed E-state index contributed by atoms with van der Waals surface area (Å²) in [6.45, 7) is 1.67. The number of ether oxygens (including phenoxy) is 1. The van der Waals surface area contributed by atoms with Crippen molar-refractivity contribution in [3.05, 3.63) is 131 Å². The Labute approximate surface area is 239 Å². The molecule has 2 amide bonds. The van der Waals surface area contributed by atoms with Gasteiger partial charge < -0.3 is 20.5 Å². The third-order valence-corrected chi connectivity index (χ3v) is 7.51. The summed E-state index contributed by atoms with van der Waals surface area (Å²) < 4.78 is 5.72. The largest absolute Gasteiger partial charge is 0.480 e. The van der Waals surface area contributed by atoms with E-state index in [0.29, 0.717) is 0 Å². The molecule has 5 rings (SSSR count). The zero-order valence-corrected chi connectivity index (χ0v) is 22.7. The fourth-order valence-corrected chi connectivity index (χ4v) is 5.41. The number of rotatable bonds is 10. The summed E-state index contributed by atoms with van der Waals surface area (Å²) in [5, 5.41) is 15.3. The van der Waals surface area contributed by atoms with Crippen LogP contribution in [0.1, 0.15) is 35.1 Å². The van der Waals surface area contributed by atoms with Gasteiger partial charge in [0.25, 0.3) is 0 Å². The number of alkyl carbamates (subject to hydrolysis) is 1. The first-order chi connectivity index (χ1) is 19.8. The smallest absolute Gasteiger partial charge is 0.408 e. The maximum atomic E-state index is 13.7. The predicted molar refractivity (Wildman–Crippen MR) is 156 cm³/mol. The van der Waals surface area contributed by atoms with Crippen LogP contribution in [0.15, 0.2) is 109 Å². The summed E-state index contributed by atoms with van der Waals surface area (Å²) in [5.74, 6) is -1.91. The number of fused-ring (bicyclic) bond motifs is 3. The molecule has 7 nitrogen and oxygen atoms in total. The van der Waals surface area contributed by atoms with Crippen molar-refractivity contribution in [2.45, 2.75) is 37.3 Å². The first-order valence-corrected chi connectivity index (χ1v) is 13.6. The molecule has 0 aromatic heterocycles. The zero-order chi connectivity index (χ0) is 28.8. The van der Waals surface area contributed by atoms with Crippen LogP contribution < -0.4 is 10.6 Å². The number of carboxylic acids is 1. The van der Waals surface area contributed by atoms with Gasteiger partial charge in [-0.05, 0) is 40.3 Å². The molecule has 1 aliphatic carbocycles. The lowest BCUT2D eigenvalue weighted by molar-refractivity contribution is -0.142. The number of hydrogen-bond donors (Lipinski definition) is 3. The third kappa shape index (κ3) is 6.30. The van der Waals surface area contributed by atoms with Crippen molar-refractivity contribution >= 4 is 18.0 Å². The second kappa shape index (κ2) is 12.1. The second-order valence-corrected chi connectivity index (χ2v) is 10.5. The summed E-state index contributed by atoms with van der Waals surface area (Å²) in [4.78, 5) is 38.9. The molecule has 4 aromatic rings. The topological polar surface area (TPSA) is 105 Å². The van der Waals surface area contributed by atoms with Crippen molar-refractivity contribution in [1.82, 2.24) is 10.6 Å². The molecule has 0 unspecified atom stereocenters. The minimum atomic E-state index is -1.48. The molecule has 4 aromatic carbocycles. The Morgan fingerprint density at radius 2 is 1.29 bits per heavy atom. The molecule has 2 atom stereocenters. The number of hydrogen-bond acceptors (Lipinski definition) is 4. The highest BCUT2D eigenvalue weighted by molar-refractivity contribution is 5.93. The summed E-state index contributed by atoms with van der Waals surface area (Å²) in [6, 6.07) is 33.2. The minimum absolute atomic E-state index is 0.0919. The van der Waals surface area contributed by atoms with Gasteiger partial charge in [0.2, 0.25) is 5.91 Å². The molecule has 0 bridgehead atoms. The number of nitrogens with one attached hydrogen (secondary N) is 2. The van der Waals surface area contributed by atoms with Gasteiger partial charge in [0.05, 0.1) is 0 Å². The molecular formula is C34H32N2O5. The van der Waals surface area contributed by atoms with Crippen LogP contribution in [-0.2, 0) is 27.2 Å². The SMILES string of the molecule is C[C@@](Cc1ccccc1)(NC(=O)OCC1c2ccccc2-c2ccccc21)C(=O)N[C@H](Cc1ccccc1)C(=O)O. The van der Waals surface area contributed by atoms with Crippen LogP contribution in [0.25, 0.3) is 11.1 Å². The second-order valence-electron chi connectivity index (χ2n) is 10.5. The Bertz CT molecular complexity index is 1490. The molecule has 0 heterocycles. The standard InChI is InChI=1S/C34H32N2O5/c1-34(21-24-14-6-3-7-15-24,32(39)35-30(31(37)38)20-23-12-4-2-5-13-23)36-33(40)41-22-29-27-18-10-8-16-25(27)26-17-9-11-19-28(26)29/h2-19,29-30H,20-22H2,1H3,(H,35,39)(H,36,40)(H,37,38)/t30-,34+/m1/s1. The van der Waals surface area contributed by atoms with E-state index in [4.69, 9.17) is 4.74 Å². The normalized spacial score (nSPS) is 14.2. The lowest BCUT2D eigenvalue weighted by Crippen LogP contribution is -2.61. The number of benzene rings is 4. The van der Waals surface area contributed by atoms with Gasteiger partial charge in [-0.25, -0.2) is 9.59 Å². The van der Waals surface area contributed by atoms with Gasteiger partial charge in [-0.2, -0.15) is 0 Å². The van der Waals surface area contributed by atoms with Crippen LogP contribution in [0, 0.1) is 0 Å². The van der Waals surface area contributed by atoms with Crippen LogP contribution in [0.5, 0.6) is 0 Å². The number of carboxylic acid groups (broad SMARTS) is 1. The Morgan fingerprint density at radius 1 is 0.780 bits per heavy atom. The molecule has 0 fully saturated rings. The molecule has 0 aliphatic heterocycles. The number of aliphatic carboxylic acids is 1. The lowest BCUT2D eigenvalue weighted by Gasteiger charge is -2.31. The first-order valence-electron chi connectivity index (χ1n) is 13.6. The molecular weight excluding hydrogens is 516 g/mol. The van der Waals surface area contributed by atoms with Crippen molar-refractivity contribution < 1.29 is 24.2 Å². The van der Waals surface area contributed by atoms with E-state index < -0.39 is 29.6 Å². The van der Waals surface area contributed by atoms with E-state index in [9.17, 15) is 19.5 Å². The lowest BCUT2D eigenvalue weighted by atomic mass is 9.91. The van der Waals surface area contributed by atoms with Crippen molar-refractivity contribution in [1.29, 1.82) is 0 Å². The van der Waals surface area contributed by atoms with Gasteiger partial charge >= 0.3 is 12.1 Å². The van der Waals surface area contributed by atoms with Gasteiger partial charge in [0.1, 0.15) is 18.2 Å². The molecule has 41 heavy (non-hydrogen) atoms. The molecule has 0 radical (unpaired) electrons. The molecule has 208 valence electrons. The van der Waals surface area contributed by atoms with E-state index in [2.05, 4.69) is 22.8 Å². The molecule has 3 N–H and O–H groups in total.